The molecule has 1 aromatic carbocycles. The maximum Gasteiger partial charge on any atom is 0.326 e. The fourth-order valence-electron chi connectivity index (χ4n) is 2.51. The van der Waals surface area contributed by atoms with Gasteiger partial charge >= 0.3 is 5.97 Å². The number of benzene rings is 1. The fourth-order valence-corrected chi connectivity index (χ4v) is 2.51. The van der Waals surface area contributed by atoms with Crippen LogP contribution in [-0.4, -0.2) is 23.0 Å². The minimum Gasteiger partial charge on any atom is -0.480 e. The number of carboxylic acids is 1. The third-order valence-corrected chi connectivity index (χ3v) is 3.32. The lowest BCUT2D eigenvalue weighted by molar-refractivity contribution is -0.141. The molecule has 0 aliphatic carbocycles. The SMILES string of the molecule is CC(C)CC(C)CC(=O)NC(Cc1ccccc1)C(=O)O. The molecule has 0 saturated heterocycles. The number of aliphatic carboxylic acids is 1. The van der Waals surface area contributed by atoms with Crippen LogP contribution in [-0.2, 0) is 16.0 Å². The molecule has 0 heterocycles. The second-order valence-electron chi connectivity index (χ2n) is 6.09. The number of carboxylic acid groups (broad SMARTS) is 1. The summed E-state index contributed by atoms with van der Waals surface area (Å²) in [5.41, 5.74) is 0.903. The summed E-state index contributed by atoms with van der Waals surface area (Å²) >= 11 is 0. The van der Waals surface area contributed by atoms with Crippen LogP contribution in [0.4, 0.5) is 0 Å². The van der Waals surface area contributed by atoms with Gasteiger partial charge in [0.1, 0.15) is 6.04 Å². The lowest BCUT2D eigenvalue weighted by Gasteiger charge is -2.17. The molecule has 21 heavy (non-hydrogen) atoms. The van der Waals surface area contributed by atoms with Crippen molar-refractivity contribution in [1.82, 2.24) is 5.32 Å². The summed E-state index contributed by atoms with van der Waals surface area (Å²) < 4.78 is 0. The van der Waals surface area contributed by atoms with Gasteiger partial charge in [0.2, 0.25) is 5.91 Å². The Hall–Kier alpha value is -1.84. The molecule has 0 fully saturated rings. The monoisotopic (exact) mass is 291 g/mol. The summed E-state index contributed by atoms with van der Waals surface area (Å²) in [7, 11) is 0. The van der Waals surface area contributed by atoms with Gasteiger partial charge in [0.25, 0.3) is 0 Å². The Labute approximate surface area is 126 Å². The highest BCUT2D eigenvalue weighted by molar-refractivity contribution is 5.83. The van der Waals surface area contributed by atoms with Crippen LogP contribution in [0.3, 0.4) is 0 Å². The van der Waals surface area contributed by atoms with Crippen molar-refractivity contribution >= 4 is 11.9 Å². The average molecular weight is 291 g/mol. The van der Waals surface area contributed by atoms with Gasteiger partial charge in [-0.2, -0.15) is 0 Å². The standard InChI is InChI=1S/C17H25NO3/c1-12(2)9-13(3)10-16(19)18-15(17(20)21)11-14-7-5-4-6-8-14/h4-8,12-13,15H,9-11H2,1-3H3,(H,18,19)(H,20,21). The van der Waals surface area contributed by atoms with Crippen molar-refractivity contribution in [3.8, 4) is 0 Å². The van der Waals surface area contributed by atoms with E-state index in [0.717, 1.165) is 12.0 Å². The highest BCUT2D eigenvalue weighted by Crippen LogP contribution is 2.14. The summed E-state index contributed by atoms with van der Waals surface area (Å²) in [5.74, 6) is -0.390. The summed E-state index contributed by atoms with van der Waals surface area (Å²) in [6.07, 6.45) is 1.64. The van der Waals surface area contributed by atoms with Crippen LogP contribution >= 0.6 is 0 Å². The smallest absolute Gasteiger partial charge is 0.326 e. The quantitative estimate of drug-likeness (QED) is 0.774. The molecule has 0 radical (unpaired) electrons. The minimum atomic E-state index is -0.997. The Morgan fingerprint density at radius 3 is 2.29 bits per heavy atom. The van der Waals surface area contributed by atoms with E-state index in [4.69, 9.17) is 0 Å². The van der Waals surface area contributed by atoms with Crippen LogP contribution in [0.15, 0.2) is 30.3 Å². The van der Waals surface area contributed by atoms with E-state index in [1.54, 1.807) is 0 Å². The number of carbonyl (C=O) groups excluding carboxylic acids is 1. The van der Waals surface area contributed by atoms with Crippen LogP contribution in [0, 0.1) is 11.8 Å². The molecular formula is C17H25NO3. The van der Waals surface area contributed by atoms with E-state index in [9.17, 15) is 14.7 Å². The molecular weight excluding hydrogens is 266 g/mol. The Morgan fingerprint density at radius 2 is 1.76 bits per heavy atom. The number of carbonyl (C=O) groups is 2. The van der Waals surface area contributed by atoms with Gasteiger partial charge in [0.05, 0.1) is 0 Å². The van der Waals surface area contributed by atoms with Gasteiger partial charge in [-0.15, -0.1) is 0 Å². The Kier molecular flexibility index (Phi) is 6.92. The largest absolute Gasteiger partial charge is 0.480 e. The van der Waals surface area contributed by atoms with Gasteiger partial charge in [-0.3, -0.25) is 4.79 Å². The highest BCUT2D eigenvalue weighted by Gasteiger charge is 2.21. The molecule has 0 spiro atoms. The maximum absolute atomic E-state index is 12.0. The zero-order chi connectivity index (χ0) is 15.8. The second kappa shape index (κ2) is 8.45. The van der Waals surface area contributed by atoms with Gasteiger partial charge in [0, 0.05) is 12.8 Å². The van der Waals surface area contributed by atoms with Gasteiger partial charge in [-0.1, -0.05) is 51.1 Å². The summed E-state index contributed by atoms with van der Waals surface area (Å²) in [5, 5.41) is 11.9. The van der Waals surface area contributed by atoms with Crippen molar-refractivity contribution in [2.24, 2.45) is 11.8 Å². The van der Waals surface area contributed by atoms with Crippen molar-refractivity contribution in [3.63, 3.8) is 0 Å². The molecule has 0 bridgehead atoms. The van der Waals surface area contributed by atoms with E-state index >= 15 is 0 Å². The lowest BCUT2D eigenvalue weighted by Crippen LogP contribution is -2.42. The summed E-state index contributed by atoms with van der Waals surface area (Å²) in [4.78, 5) is 23.3. The van der Waals surface area contributed by atoms with Crippen molar-refractivity contribution in [2.45, 2.75) is 46.1 Å². The van der Waals surface area contributed by atoms with Crippen LogP contribution in [0.5, 0.6) is 0 Å². The first-order valence-electron chi connectivity index (χ1n) is 7.44. The zero-order valence-electron chi connectivity index (χ0n) is 13.0. The van der Waals surface area contributed by atoms with E-state index < -0.39 is 12.0 Å². The maximum atomic E-state index is 12.0. The molecule has 1 amide bonds. The third-order valence-electron chi connectivity index (χ3n) is 3.32. The second-order valence-corrected chi connectivity index (χ2v) is 6.09. The van der Waals surface area contributed by atoms with Crippen LogP contribution < -0.4 is 5.32 Å². The predicted octanol–water partition coefficient (Wildman–Crippen LogP) is 2.87. The number of hydrogen-bond acceptors (Lipinski definition) is 2. The van der Waals surface area contributed by atoms with Crippen molar-refractivity contribution < 1.29 is 14.7 Å². The van der Waals surface area contributed by atoms with E-state index in [1.807, 2.05) is 37.3 Å². The summed E-state index contributed by atoms with van der Waals surface area (Å²) in [6.45, 7) is 6.25. The normalized spacial score (nSPS) is 13.7. The molecule has 116 valence electrons. The Morgan fingerprint density at radius 1 is 1.14 bits per heavy atom. The number of nitrogens with one attached hydrogen (secondary N) is 1. The average Bonchev–Trinajstić information content (AvgIpc) is 2.37. The summed E-state index contributed by atoms with van der Waals surface area (Å²) in [6, 6.07) is 8.46. The van der Waals surface area contributed by atoms with E-state index in [-0.39, 0.29) is 11.8 Å². The molecule has 2 unspecified atom stereocenters. The topological polar surface area (TPSA) is 66.4 Å². The van der Waals surface area contributed by atoms with Crippen LogP contribution in [0.2, 0.25) is 0 Å². The molecule has 0 aliphatic rings. The number of rotatable bonds is 8. The van der Waals surface area contributed by atoms with Crippen LogP contribution in [0.25, 0.3) is 0 Å². The number of amides is 1. The molecule has 4 nitrogen and oxygen atoms in total. The predicted molar refractivity (Wildman–Crippen MR) is 82.9 cm³/mol. The van der Waals surface area contributed by atoms with Gasteiger partial charge in [-0.05, 0) is 23.8 Å². The molecule has 4 heteroatoms. The first-order chi connectivity index (χ1) is 9.88. The van der Waals surface area contributed by atoms with E-state index in [1.165, 1.54) is 0 Å². The van der Waals surface area contributed by atoms with Gasteiger partial charge in [0.15, 0.2) is 0 Å². The molecule has 0 saturated carbocycles. The first-order valence-corrected chi connectivity index (χ1v) is 7.44. The van der Waals surface area contributed by atoms with Crippen molar-refractivity contribution in [3.05, 3.63) is 35.9 Å². The lowest BCUT2D eigenvalue weighted by atomic mass is 9.95. The minimum absolute atomic E-state index is 0.188. The third kappa shape index (κ3) is 6.93. The molecule has 1 aromatic rings. The molecule has 2 atom stereocenters. The highest BCUT2D eigenvalue weighted by atomic mass is 16.4. The van der Waals surface area contributed by atoms with Gasteiger partial charge in [-0.25, -0.2) is 4.79 Å². The Balaban J connectivity index is 2.54. The van der Waals surface area contributed by atoms with Crippen molar-refractivity contribution in [1.29, 1.82) is 0 Å². The van der Waals surface area contributed by atoms with Crippen molar-refractivity contribution in [2.75, 3.05) is 0 Å². The first kappa shape index (κ1) is 17.2. The zero-order valence-corrected chi connectivity index (χ0v) is 13.0. The number of hydrogen-bond donors (Lipinski definition) is 2. The van der Waals surface area contributed by atoms with E-state index in [0.29, 0.717) is 18.8 Å². The van der Waals surface area contributed by atoms with Gasteiger partial charge < -0.3 is 10.4 Å². The molecule has 2 N–H and O–H groups in total. The van der Waals surface area contributed by atoms with E-state index in [2.05, 4.69) is 19.2 Å². The van der Waals surface area contributed by atoms with Crippen LogP contribution in [0.1, 0.15) is 39.2 Å². The fraction of sp³-hybridized carbons (Fsp3) is 0.529. The molecule has 0 aliphatic heterocycles. The molecule has 0 aromatic heterocycles. The Bertz CT molecular complexity index is 456. The molecule has 1 rings (SSSR count).